The van der Waals surface area contributed by atoms with Crippen molar-refractivity contribution in [2.24, 2.45) is 0 Å². The molecule has 42 heavy (non-hydrogen) atoms. The molecular formula is C32H26ClN5O2S2. The molecule has 2 amide bonds. The minimum absolute atomic E-state index is 0.0637. The lowest BCUT2D eigenvalue weighted by Crippen LogP contribution is -2.37. The van der Waals surface area contributed by atoms with Gasteiger partial charge in [0.2, 0.25) is 0 Å². The summed E-state index contributed by atoms with van der Waals surface area (Å²) in [6.07, 6.45) is 3.50. The van der Waals surface area contributed by atoms with Gasteiger partial charge in [-0.2, -0.15) is 17.0 Å². The van der Waals surface area contributed by atoms with Gasteiger partial charge in [0.05, 0.1) is 45.7 Å². The highest BCUT2D eigenvalue weighted by atomic mass is 35.5. The second kappa shape index (κ2) is 12.4. The summed E-state index contributed by atoms with van der Waals surface area (Å²) in [6.45, 7) is 2.32. The number of aromatic nitrogens is 2. The van der Waals surface area contributed by atoms with Gasteiger partial charge in [-0.25, -0.2) is 4.98 Å². The number of imidazole rings is 1. The van der Waals surface area contributed by atoms with Gasteiger partial charge in [-0.1, -0.05) is 35.9 Å². The number of amides is 2. The fourth-order valence-corrected chi connectivity index (χ4v) is 7.08. The van der Waals surface area contributed by atoms with Crippen LogP contribution in [0, 0.1) is 11.3 Å². The summed E-state index contributed by atoms with van der Waals surface area (Å²) in [5, 5.41) is 10.4. The van der Waals surface area contributed by atoms with Crippen LogP contribution in [-0.4, -0.2) is 50.9 Å². The molecule has 1 aliphatic rings. The standard InChI is InChI=1S/C32H26ClN5O2S2/c33-28-4-2-1-3-27(28)31(39)38(20-26-18-35-21-37(26)19-23-7-5-22(17-34)6-8-23)25-9-10-29-24(15-25)16-30(42-29)32(40)36-11-13-41-14-12-36/h1-10,15-16,18,21H,11-14,19-20H2. The monoisotopic (exact) mass is 611 g/mol. The lowest BCUT2D eigenvalue weighted by Gasteiger charge is -2.25. The lowest BCUT2D eigenvalue weighted by atomic mass is 10.1. The Morgan fingerprint density at radius 3 is 2.57 bits per heavy atom. The van der Waals surface area contributed by atoms with Gasteiger partial charge in [-0.15, -0.1) is 11.3 Å². The Labute approximate surface area is 257 Å². The average Bonchev–Trinajstić information content (AvgIpc) is 3.66. The Balaban J connectivity index is 1.33. The molecule has 0 spiro atoms. The molecule has 210 valence electrons. The third-order valence-electron chi connectivity index (χ3n) is 7.22. The van der Waals surface area contributed by atoms with Gasteiger partial charge in [0.25, 0.3) is 11.8 Å². The molecule has 0 bridgehead atoms. The van der Waals surface area contributed by atoms with Crippen LogP contribution < -0.4 is 4.90 Å². The molecule has 6 rings (SSSR count). The van der Waals surface area contributed by atoms with Crippen LogP contribution in [0.1, 0.15) is 36.9 Å². The quantitative estimate of drug-likeness (QED) is 0.204. The Bertz CT molecular complexity index is 1800. The average molecular weight is 612 g/mol. The molecule has 0 radical (unpaired) electrons. The van der Waals surface area contributed by atoms with Crippen LogP contribution in [0.2, 0.25) is 5.02 Å². The molecule has 0 atom stereocenters. The predicted molar refractivity (Wildman–Crippen MR) is 170 cm³/mol. The number of thiophene rings is 1. The maximum absolute atomic E-state index is 14.0. The second-order valence-electron chi connectivity index (χ2n) is 9.93. The van der Waals surface area contributed by atoms with Crippen LogP contribution in [0.5, 0.6) is 0 Å². The minimum atomic E-state index is -0.233. The first kappa shape index (κ1) is 28.0. The maximum atomic E-state index is 14.0. The highest BCUT2D eigenvalue weighted by molar-refractivity contribution is 7.99. The number of thioether (sulfide) groups is 1. The Morgan fingerprint density at radius 1 is 1.02 bits per heavy atom. The van der Waals surface area contributed by atoms with Crippen molar-refractivity contribution < 1.29 is 9.59 Å². The van der Waals surface area contributed by atoms with E-state index in [1.165, 1.54) is 11.3 Å². The summed E-state index contributed by atoms with van der Waals surface area (Å²) < 4.78 is 2.98. The molecule has 0 N–H and O–H groups in total. The highest BCUT2D eigenvalue weighted by Gasteiger charge is 2.24. The van der Waals surface area contributed by atoms with E-state index in [2.05, 4.69) is 11.1 Å². The molecule has 0 saturated carbocycles. The molecular weight excluding hydrogens is 586 g/mol. The van der Waals surface area contributed by atoms with E-state index in [1.54, 1.807) is 53.8 Å². The Kier molecular flexibility index (Phi) is 8.29. The van der Waals surface area contributed by atoms with E-state index in [0.29, 0.717) is 33.3 Å². The van der Waals surface area contributed by atoms with Crippen LogP contribution >= 0.6 is 34.7 Å². The first-order chi connectivity index (χ1) is 20.5. The number of nitrogens with zero attached hydrogens (tertiary/aromatic N) is 5. The summed E-state index contributed by atoms with van der Waals surface area (Å²) >= 11 is 9.83. The van der Waals surface area contributed by atoms with E-state index in [1.807, 2.05) is 57.6 Å². The third-order valence-corrected chi connectivity index (χ3v) is 9.60. The van der Waals surface area contributed by atoms with Crippen LogP contribution in [0.4, 0.5) is 5.69 Å². The van der Waals surface area contributed by atoms with E-state index in [4.69, 9.17) is 16.9 Å². The van der Waals surface area contributed by atoms with E-state index in [-0.39, 0.29) is 18.4 Å². The summed E-state index contributed by atoms with van der Waals surface area (Å²) in [5.74, 6) is 1.75. The molecule has 3 aromatic carbocycles. The Hall–Kier alpha value is -4.10. The Morgan fingerprint density at radius 2 is 1.81 bits per heavy atom. The zero-order valence-electron chi connectivity index (χ0n) is 22.6. The second-order valence-corrected chi connectivity index (χ2v) is 12.6. The van der Waals surface area contributed by atoms with Crippen LogP contribution in [0.3, 0.4) is 0 Å². The molecule has 2 aromatic heterocycles. The van der Waals surface area contributed by atoms with E-state index < -0.39 is 0 Å². The number of benzene rings is 3. The van der Waals surface area contributed by atoms with Gasteiger partial charge in [0.1, 0.15) is 0 Å². The van der Waals surface area contributed by atoms with E-state index in [9.17, 15) is 9.59 Å². The van der Waals surface area contributed by atoms with Gasteiger partial charge in [-0.05, 0) is 59.5 Å². The molecule has 0 unspecified atom stereocenters. The van der Waals surface area contributed by atoms with Gasteiger partial charge in [-0.3, -0.25) is 9.59 Å². The van der Waals surface area contributed by atoms with Crippen molar-refractivity contribution in [3.63, 3.8) is 0 Å². The van der Waals surface area contributed by atoms with E-state index in [0.717, 1.165) is 45.9 Å². The molecule has 1 aliphatic heterocycles. The van der Waals surface area contributed by atoms with Gasteiger partial charge < -0.3 is 14.4 Å². The smallest absolute Gasteiger partial charge is 0.264 e. The van der Waals surface area contributed by atoms with Crippen molar-refractivity contribution in [1.82, 2.24) is 14.5 Å². The highest BCUT2D eigenvalue weighted by Crippen LogP contribution is 2.32. The molecule has 5 aromatic rings. The topological polar surface area (TPSA) is 82.2 Å². The lowest BCUT2D eigenvalue weighted by molar-refractivity contribution is 0.0777. The predicted octanol–water partition coefficient (Wildman–Crippen LogP) is 6.71. The van der Waals surface area contributed by atoms with Crippen molar-refractivity contribution >= 4 is 62.3 Å². The molecule has 1 fully saturated rings. The van der Waals surface area contributed by atoms with Crippen molar-refractivity contribution in [3.05, 3.63) is 118 Å². The number of hydrogen-bond donors (Lipinski definition) is 0. The number of carbonyl (C=O) groups excluding carboxylic acids is 2. The van der Waals surface area contributed by atoms with Crippen LogP contribution in [-0.2, 0) is 13.1 Å². The minimum Gasteiger partial charge on any atom is -0.336 e. The zero-order valence-corrected chi connectivity index (χ0v) is 25.0. The number of halogens is 1. The number of rotatable bonds is 7. The summed E-state index contributed by atoms with van der Waals surface area (Å²) in [7, 11) is 0. The molecule has 7 nitrogen and oxygen atoms in total. The molecule has 1 saturated heterocycles. The number of anilines is 1. The van der Waals surface area contributed by atoms with Gasteiger partial charge in [0.15, 0.2) is 0 Å². The first-order valence-electron chi connectivity index (χ1n) is 13.5. The largest absolute Gasteiger partial charge is 0.336 e. The third kappa shape index (κ3) is 5.93. The van der Waals surface area contributed by atoms with Crippen molar-refractivity contribution in [1.29, 1.82) is 5.26 Å². The van der Waals surface area contributed by atoms with E-state index >= 15 is 0 Å². The van der Waals surface area contributed by atoms with Crippen molar-refractivity contribution in [2.45, 2.75) is 13.1 Å². The number of hydrogen-bond acceptors (Lipinski definition) is 6. The number of fused-ring (bicyclic) bond motifs is 1. The summed E-state index contributed by atoms with van der Waals surface area (Å²) in [4.78, 5) is 35.9. The first-order valence-corrected chi connectivity index (χ1v) is 15.8. The fraction of sp³-hybridized carbons (Fsp3) is 0.188. The van der Waals surface area contributed by atoms with Crippen LogP contribution in [0.15, 0.2) is 85.3 Å². The molecule has 3 heterocycles. The van der Waals surface area contributed by atoms with Crippen molar-refractivity contribution in [2.75, 3.05) is 29.5 Å². The zero-order chi connectivity index (χ0) is 29.1. The fourth-order valence-electron chi connectivity index (χ4n) is 4.95. The SMILES string of the molecule is N#Cc1ccc(Cn2cncc2CN(C(=O)c2ccccc2Cl)c2ccc3sc(C(=O)N4CCSCC4)cc3c2)cc1. The molecule has 0 aliphatic carbocycles. The van der Waals surface area contributed by atoms with Gasteiger partial charge in [0, 0.05) is 47.7 Å². The molecule has 10 heteroatoms. The summed E-state index contributed by atoms with van der Waals surface area (Å²) in [6, 6.07) is 24.4. The number of carbonyl (C=O) groups is 2. The van der Waals surface area contributed by atoms with Crippen LogP contribution in [0.25, 0.3) is 10.1 Å². The normalized spacial score (nSPS) is 13.2. The van der Waals surface area contributed by atoms with Gasteiger partial charge >= 0.3 is 0 Å². The van der Waals surface area contributed by atoms with Crippen molar-refractivity contribution in [3.8, 4) is 6.07 Å². The number of nitriles is 1. The summed E-state index contributed by atoms with van der Waals surface area (Å²) in [5.41, 5.74) is 3.56. The maximum Gasteiger partial charge on any atom is 0.264 e.